The summed E-state index contributed by atoms with van der Waals surface area (Å²) in [4.78, 5) is 11.7. The molecule has 1 aromatic carbocycles. The lowest BCUT2D eigenvalue weighted by atomic mass is 10.2. The fourth-order valence-electron chi connectivity index (χ4n) is 1.37. The van der Waals surface area contributed by atoms with Crippen LogP contribution in [0, 0.1) is 5.82 Å². The third-order valence-corrected chi connectivity index (χ3v) is 4.30. The van der Waals surface area contributed by atoms with Crippen LogP contribution in [0.1, 0.15) is 17.3 Å². The highest BCUT2D eigenvalue weighted by molar-refractivity contribution is 9.10. The Bertz CT molecular complexity index is 563. The summed E-state index contributed by atoms with van der Waals surface area (Å²) in [5.41, 5.74) is -0.129. The molecule has 0 aliphatic carbocycles. The number of halogens is 2. The van der Waals surface area contributed by atoms with E-state index < -0.39 is 21.7 Å². The van der Waals surface area contributed by atoms with Crippen molar-refractivity contribution < 1.29 is 17.6 Å². The van der Waals surface area contributed by atoms with E-state index in [1.165, 1.54) is 18.2 Å². The molecule has 1 aromatic rings. The molecule has 8 heteroatoms. The monoisotopic (exact) mass is 352 g/mol. The van der Waals surface area contributed by atoms with Gasteiger partial charge in [0.1, 0.15) is 5.82 Å². The van der Waals surface area contributed by atoms with E-state index in [1.54, 1.807) is 6.92 Å². The van der Waals surface area contributed by atoms with E-state index >= 15 is 0 Å². The quantitative estimate of drug-likeness (QED) is 0.809. The SMILES string of the molecule is CCNS(=O)(=O)CCNC(=O)c1cccc(Br)c1F. The predicted octanol–water partition coefficient (Wildman–Crippen LogP) is 1.26. The second-order valence-corrected chi connectivity index (χ2v) is 6.45. The third-order valence-electron chi connectivity index (χ3n) is 2.22. The standard InChI is InChI=1S/C11H14BrFN2O3S/c1-2-15-19(17,18)7-6-14-11(16)8-4-3-5-9(12)10(8)13/h3-5,15H,2,6-7H2,1H3,(H,14,16). The van der Waals surface area contributed by atoms with Gasteiger partial charge in [0.15, 0.2) is 0 Å². The zero-order chi connectivity index (χ0) is 14.5. The summed E-state index contributed by atoms with van der Waals surface area (Å²) >= 11 is 2.97. The Morgan fingerprint density at radius 3 is 2.74 bits per heavy atom. The van der Waals surface area contributed by atoms with Gasteiger partial charge >= 0.3 is 0 Å². The van der Waals surface area contributed by atoms with Gasteiger partial charge in [-0.1, -0.05) is 13.0 Å². The topological polar surface area (TPSA) is 75.3 Å². The zero-order valence-corrected chi connectivity index (χ0v) is 12.6. The first kappa shape index (κ1) is 16.1. The summed E-state index contributed by atoms with van der Waals surface area (Å²) in [6, 6.07) is 4.33. The van der Waals surface area contributed by atoms with E-state index in [4.69, 9.17) is 0 Å². The van der Waals surface area contributed by atoms with Gasteiger partial charge in [-0.15, -0.1) is 0 Å². The largest absolute Gasteiger partial charge is 0.351 e. The van der Waals surface area contributed by atoms with E-state index in [0.29, 0.717) is 0 Å². The van der Waals surface area contributed by atoms with Crippen LogP contribution in [0.4, 0.5) is 4.39 Å². The van der Waals surface area contributed by atoms with Gasteiger partial charge in [-0.05, 0) is 28.1 Å². The number of sulfonamides is 1. The fraction of sp³-hybridized carbons (Fsp3) is 0.364. The Kier molecular flexibility index (Phi) is 5.89. The molecule has 2 N–H and O–H groups in total. The Morgan fingerprint density at radius 2 is 2.11 bits per heavy atom. The summed E-state index contributed by atoms with van der Waals surface area (Å²) in [6.45, 7) is 1.86. The van der Waals surface area contributed by atoms with Crippen molar-refractivity contribution >= 4 is 31.9 Å². The van der Waals surface area contributed by atoms with Crippen LogP contribution < -0.4 is 10.0 Å². The van der Waals surface area contributed by atoms with Crippen LogP contribution in [0.2, 0.25) is 0 Å². The molecule has 106 valence electrons. The third kappa shape index (κ3) is 4.88. The highest BCUT2D eigenvalue weighted by Gasteiger charge is 2.14. The van der Waals surface area contributed by atoms with Gasteiger partial charge in [0.25, 0.3) is 5.91 Å². The van der Waals surface area contributed by atoms with Gasteiger partial charge in [-0.2, -0.15) is 0 Å². The number of carbonyl (C=O) groups excluding carboxylic acids is 1. The average Bonchev–Trinajstić information content (AvgIpc) is 2.32. The smallest absolute Gasteiger partial charge is 0.254 e. The van der Waals surface area contributed by atoms with E-state index in [-0.39, 0.29) is 28.9 Å². The van der Waals surface area contributed by atoms with E-state index in [0.717, 1.165) is 0 Å². The maximum atomic E-state index is 13.6. The molecule has 0 atom stereocenters. The van der Waals surface area contributed by atoms with Crippen molar-refractivity contribution in [1.82, 2.24) is 10.0 Å². The molecule has 1 rings (SSSR count). The molecule has 0 heterocycles. The maximum absolute atomic E-state index is 13.6. The Labute approximate surface area is 119 Å². The maximum Gasteiger partial charge on any atom is 0.254 e. The molecule has 0 unspecified atom stereocenters. The number of hydrogen-bond donors (Lipinski definition) is 2. The normalized spacial score (nSPS) is 11.3. The summed E-state index contributed by atoms with van der Waals surface area (Å²) in [5, 5.41) is 2.36. The lowest BCUT2D eigenvalue weighted by Crippen LogP contribution is -2.34. The van der Waals surface area contributed by atoms with Gasteiger partial charge in [-0.3, -0.25) is 4.79 Å². The summed E-state index contributed by atoms with van der Waals surface area (Å²) in [6.07, 6.45) is 0. The number of amides is 1. The van der Waals surface area contributed by atoms with Crippen molar-refractivity contribution in [2.24, 2.45) is 0 Å². The number of carbonyl (C=O) groups is 1. The first-order chi connectivity index (χ1) is 8.87. The van der Waals surface area contributed by atoms with Crippen molar-refractivity contribution in [2.75, 3.05) is 18.8 Å². The molecular formula is C11H14BrFN2O3S. The van der Waals surface area contributed by atoms with Crippen molar-refractivity contribution in [1.29, 1.82) is 0 Å². The lowest BCUT2D eigenvalue weighted by molar-refractivity contribution is 0.0952. The average molecular weight is 353 g/mol. The van der Waals surface area contributed by atoms with Crippen LogP contribution in [0.3, 0.4) is 0 Å². The van der Waals surface area contributed by atoms with Crippen molar-refractivity contribution in [3.05, 3.63) is 34.1 Å². The molecule has 0 aromatic heterocycles. The second-order valence-electron chi connectivity index (χ2n) is 3.67. The molecule has 0 saturated carbocycles. The van der Waals surface area contributed by atoms with Crippen LogP contribution in [0.5, 0.6) is 0 Å². The molecule has 0 saturated heterocycles. The number of rotatable bonds is 6. The van der Waals surface area contributed by atoms with Crippen molar-refractivity contribution in [2.45, 2.75) is 6.92 Å². The van der Waals surface area contributed by atoms with Crippen LogP contribution in [-0.4, -0.2) is 33.2 Å². The van der Waals surface area contributed by atoms with Crippen molar-refractivity contribution in [3.8, 4) is 0 Å². The van der Waals surface area contributed by atoms with Crippen LogP contribution in [0.25, 0.3) is 0 Å². The minimum atomic E-state index is -3.40. The van der Waals surface area contributed by atoms with E-state index in [2.05, 4.69) is 26.0 Å². The molecular weight excluding hydrogens is 339 g/mol. The van der Waals surface area contributed by atoms with Crippen LogP contribution in [-0.2, 0) is 10.0 Å². The fourth-order valence-corrected chi connectivity index (χ4v) is 2.69. The predicted molar refractivity (Wildman–Crippen MR) is 73.9 cm³/mol. The van der Waals surface area contributed by atoms with Gasteiger partial charge < -0.3 is 5.32 Å². The minimum Gasteiger partial charge on any atom is -0.351 e. The molecule has 0 radical (unpaired) electrons. The van der Waals surface area contributed by atoms with Gasteiger partial charge in [0.05, 0.1) is 15.8 Å². The minimum absolute atomic E-state index is 0.0832. The van der Waals surface area contributed by atoms with Crippen LogP contribution in [0.15, 0.2) is 22.7 Å². The first-order valence-corrected chi connectivity index (χ1v) is 8.01. The molecule has 0 aliphatic heterocycles. The molecule has 1 amide bonds. The first-order valence-electron chi connectivity index (χ1n) is 5.57. The highest BCUT2D eigenvalue weighted by Crippen LogP contribution is 2.18. The molecule has 0 fully saturated rings. The highest BCUT2D eigenvalue weighted by atomic mass is 79.9. The number of hydrogen-bond acceptors (Lipinski definition) is 3. The molecule has 0 spiro atoms. The molecule has 5 nitrogen and oxygen atoms in total. The van der Waals surface area contributed by atoms with Crippen LogP contribution >= 0.6 is 15.9 Å². The van der Waals surface area contributed by atoms with Crippen molar-refractivity contribution in [3.63, 3.8) is 0 Å². The number of benzene rings is 1. The molecule has 0 aliphatic rings. The second kappa shape index (κ2) is 6.97. The molecule has 19 heavy (non-hydrogen) atoms. The Morgan fingerprint density at radius 1 is 1.42 bits per heavy atom. The Hall–Kier alpha value is -0.990. The summed E-state index contributed by atoms with van der Waals surface area (Å²) in [5.74, 6) is -1.57. The van der Waals surface area contributed by atoms with E-state index in [9.17, 15) is 17.6 Å². The summed E-state index contributed by atoms with van der Waals surface area (Å²) < 4.78 is 38.7. The zero-order valence-electron chi connectivity index (χ0n) is 10.2. The number of nitrogens with one attached hydrogen (secondary N) is 2. The molecule has 0 bridgehead atoms. The summed E-state index contributed by atoms with van der Waals surface area (Å²) in [7, 11) is -3.40. The lowest BCUT2D eigenvalue weighted by Gasteiger charge is -2.07. The van der Waals surface area contributed by atoms with Gasteiger partial charge in [0, 0.05) is 13.1 Å². The van der Waals surface area contributed by atoms with Gasteiger partial charge in [0.2, 0.25) is 10.0 Å². The Balaban J connectivity index is 2.60. The van der Waals surface area contributed by atoms with Gasteiger partial charge in [-0.25, -0.2) is 17.5 Å². The van der Waals surface area contributed by atoms with E-state index in [1.807, 2.05) is 0 Å².